The van der Waals surface area contributed by atoms with Crippen molar-refractivity contribution in [3.05, 3.63) is 41.8 Å². The molecule has 0 saturated heterocycles. The molecule has 0 spiro atoms. The van der Waals surface area contributed by atoms with Crippen LogP contribution in [0.1, 0.15) is 0 Å². The molecule has 0 radical (unpaired) electrons. The molecular formula is C12H13ClN4O2S. The normalized spacial score (nSPS) is 11.2. The number of nitrogens with zero attached hydrogens (tertiary/aromatic N) is 3. The van der Waals surface area contributed by atoms with Crippen molar-refractivity contribution >= 4 is 33.1 Å². The molecule has 0 amide bonds. The number of aromatic nitrogens is 2. The van der Waals surface area contributed by atoms with Crippen LogP contribution in [0.4, 0.5) is 11.5 Å². The van der Waals surface area contributed by atoms with Crippen molar-refractivity contribution in [2.45, 2.75) is 4.90 Å². The van der Waals surface area contributed by atoms with Gasteiger partial charge in [-0.15, -0.1) is 0 Å². The van der Waals surface area contributed by atoms with Gasteiger partial charge in [-0.25, -0.2) is 18.4 Å². The molecule has 0 unspecified atom stereocenters. The van der Waals surface area contributed by atoms with Crippen molar-refractivity contribution in [3.63, 3.8) is 0 Å². The van der Waals surface area contributed by atoms with Gasteiger partial charge in [-0.3, -0.25) is 4.72 Å². The Hall–Kier alpha value is -1.86. The Kier molecular flexibility index (Phi) is 4.10. The number of pyridine rings is 2. The van der Waals surface area contributed by atoms with Crippen LogP contribution in [0.5, 0.6) is 0 Å². The maximum absolute atomic E-state index is 12.2. The SMILES string of the molecule is CN(C)c1ncccc1NS(=O)(=O)c1ccc(Cl)nc1. The largest absolute Gasteiger partial charge is 0.361 e. The standard InChI is InChI=1S/C12H13ClN4O2S/c1-17(2)12-10(4-3-7-14-12)16-20(18,19)9-5-6-11(13)15-8-9/h3-8,16H,1-2H3. The summed E-state index contributed by atoms with van der Waals surface area (Å²) in [5, 5.41) is 0.235. The molecule has 0 fully saturated rings. The van der Waals surface area contributed by atoms with Crippen LogP contribution < -0.4 is 9.62 Å². The second-order valence-electron chi connectivity index (χ2n) is 4.19. The lowest BCUT2D eigenvalue weighted by Crippen LogP contribution is -2.18. The first-order chi connectivity index (χ1) is 9.40. The molecular weight excluding hydrogens is 300 g/mol. The van der Waals surface area contributed by atoms with Crippen molar-refractivity contribution in [3.8, 4) is 0 Å². The Bertz CT molecular complexity index is 702. The summed E-state index contributed by atoms with van der Waals surface area (Å²) in [4.78, 5) is 9.65. The summed E-state index contributed by atoms with van der Waals surface area (Å²) in [6, 6.07) is 6.11. The van der Waals surface area contributed by atoms with E-state index in [1.54, 1.807) is 37.3 Å². The second kappa shape index (κ2) is 5.64. The van der Waals surface area contributed by atoms with Crippen molar-refractivity contribution in [1.29, 1.82) is 0 Å². The maximum Gasteiger partial charge on any atom is 0.263 e. The van der Waals surface area contributed by atoms with Gasteiger partial charge >= 0.3 is 0 Å². The Labute approximate surface area is 122 Å². The van der Waals surface area contributed by atoms with Crippen LogP contribution in [0.2, 0.25) is 5.15 Å². The van der Waals surface area contributed by atoms with Crippen LogP contribution in [0, 0.1) is 0 Å². The molecule has 0 saturated carbocycles. The second-order valence-corrected chi connectivity index (χ2v) is 6.26. The first-order valence-corrected chi connectivity index (χ1v) is 7.53. The molecule has 0 aromatic carbocycles. The van der Waals surface area contributed by atoms with Gasteiger partial charge in [-0.1, -0.05) is 11.6 Å². The van der Waals surface area contributed by atoms with Crippen molar-refractivity contribution in [2.24, 2.45) is 0 Å². The molecule has 2 aromatic rings. The lowest BCUT2D eigenvalue weighted by molar-refractivity contribution is 0.601. The van der Waals surface area contributed by atoms with Crippen LogP contribution in [0.15, 0.2) is 41.6 Å². The minimum absolute atomic E-state index is 0.0375. The van der Waals surface area contributed by atoms with E-state index in [-0.39, 0.29) is 10.0 Å². The number of halogens is 1. The van der Waals surface area contributed by atoms with Gasteiger partial charge in [-0.2, -0.15) is 0 Å². The molecule has 0 bridgehead atoms. The first kappa shape index (κ1) is 14.5. The molecule has 106 valence electrons. The van der Waals surface area contributed by atoms with E-state index < -0.39 is 10.0 Å². The smallest absolute Gasteiger partial charge is 0.263 e. The van der Waals surface area contributed by atoms with E-state index in [4.69, 9.17) is 11.6 Å². The summed E-state index contributed by atoms with van der Waals surface area (Å²) in [6.07, 6.45) is 2.80. The average molecular weight is 313 g/mol. The van der Waals surface area contributed by atoms with Crippen LogP contribution >= 0.6 is 11.6 Å². The number of sulfonamides is 1. The molecule has 2 heterocycles. The molecule has 2 rings (SSSR count). The summed E-state index contributed by atoms with van der Waals surface area (Å²) >= 11 is 5.65. The third kappa shape index (κ3) is 3.17. The minimum atomic E-state index is -3.72. The average Bonchev–Trinajstić information content (AvgIpc) is 2.39. The van der Waals surface area contributed by atoms with E-state index in [1.165, 1.54) is 18.3 Å². The van der Waals surface area contributed by atoms with Crippen molar-refractivity contribution < 1.29 is 8.42 Å². The molecule has 6 nitrogen and oxygen atoms in total. The van der Waals surface area contributed by atoms with E-state index in [0.29, 0.717) is 11.5 Å². The molecule has 0 aliphatic heterocycles. The van der Waals surface area contributed by atoms with Gasteiger partial charge in [0.25, 0.3) is 10.0 Å². The Morgan fingerprint density at radius 1 is 1.20 bits per heavy atom. The monoisotopic (exact) mass is 312 g/mol. The third-order valence-corrected chi connectivity index (χ3v) is 4.04. The van der Waals surface area contributed by atoms with Crippen LogP contribution in [0.25, 0.3) is 0 Å². The Morgan fingerprint density at radius 3 is 2.55 bits per heavy atom. The van der Waals surface area contributed by atoms with E-state index in [9.17, 15) is 8.42 Å². The van der Waals surface area contributed by atoms with E-state index in [2.05, 4.69) is 14.7 Å². The number of hydrogen-bond donors (Lipinski definition) is 1. The number of hydrogen-bond acceptors (Lipinski definition) is 5. The highest BCUT2D eigenvalue weighted by Gasteiger charge is 2.17. The lowest BCUT2D eigenvalue weighted by Gasteiger charge is -2.16. The quantitative estimate of drug-likeness (QED) is 0.874. The van der Waals surface area contributed by atoms with Gasteiger partial charge in [0.2, 0.25) is 0 Å². The molecule has 8 heteroatoms. The maximum atomic E-state index is 12.2. The zero-order valence-corrected chi connectivity index (χ0v) is 12.5. The third-order valence-electron chi connectivity index (χ3n) is 2.47. The zero-order chi connectivity index (χ0) is 14.8. The van der Waals surface area contributed by atoms with Crippen molar-refractivity contribution in [1.82, 2.24) is 9.97 Å². The molecule has 2 aromatic heterocycles. The molecule has 20 heavy (non-hydrogen) atoms. The Balaban J connectivity index is 2.36. The van der Waals surface area contributed by atoms with Crippen LogP contribution in [-0.4, -0.2) is 32.5 Å². The fourth-order valence-corrected chi connectivity index (χ4v) is 2.68. The van der Waals surface area contributed by atoms with Gasteiger partial charge in [-0.05, 0) is 24.3 Å². The van der Waals surface area contributed by atoms with Gasteiger partial charge in [0.15, 0.2) is 5.82 Å². The fraction of sp³-hybridized carbons (Fsp3) is 0.167. The molecule has 0 atom stereocenters. The molecule has 1 N–H and O–H groups in total. The van der Waals surface area contributed by atoms with E-state index >= 15 is 0 Å². The highest BCUT2D eigenvalue weighted by molar-refractivity contribution is 7.92. The van der Waals surface area contributed by atoms with Gasteiger partial charge in [0.1, 0.15) is 10.0 Å². The number of nitrogens with one attached hydrogen (secondary N) is 1. The summed E-state index contributed by atoms with van der Waals surface area (Å²) in [5.41, 5.74) is 0.396. The highest BCUT2D eigenvalue weighted by Crippen LogP contribution is 2.23. The Morgan fingerprint density at radius 2 is 1.95 bits per heavy atom. The zero-order valence-electron chi connectivity index (χ0n) is 10.9. The predicted octanol–water partition coefficient (Wildman–Crippen LogP) is 2.00. The van der Waals surface area contributed by atoms with Crippen LogP contribution in [0.3, 0.4) is 0 Å². The summed E-state index contributed by atoms with van der Waals surface area (Å²) in [7, 11) is -0.160. The topological polar surface area (TPSA) is 75.2 Å². The molecule has 0 aliphatic carbocycles. The van der Waals surface area contributed by atoms with Crippen molar-refractivity contribution in [2.75, 3.05) is 23.7 Å². The van der Waals surface area contributed by atoms with Gasteiger partial charge < -0.3 is 4.90 Å². The molecule has 0 aliphatic rings. The minimum Gasteiger partial charge on any atom is -0.361 e. The van der Waals surface area contributed by atoms with E-state index in [1.807, 2.05) is 0 Å². The number of anilines is 2. The van der Waals surface area contributed by atoms with E-state index in [0.717, 1.165) is 0 Å². The first-order valence-electron chi connectivity index (χ1n) is 5.67. The van der Waals surface area contributed by atoms with Gasteiger partial charge in [0.05, 0.1) is 5.69 Å². The highest BCUT2D eigenvalue weighted by atomic mass is 35.5. The summed E-state index contributed by atoms with van der Waals surface area (Å²) in [6.45, 7) is 0. The van der Waals surface area contributed by atoms with Gasteiger partial charge in [0, 0.05) is 26.5 Å². The van der Waals surface area contributed by atoms with Crippen LogP contribution in [-0.2, 0) is 10.0 Å². The lowest BCUT2D eigenvalue weighted by atomic mass is 10.4. The summed E-state index contributed by atoms with van der Waals surface area (Å²) in [5.74, 6) is 0.526. The fourth-order valence-electron chi connectivity index (χ4n) is 1.56. The predicted molar refractivity (Wildman–Crippen MR) is 78.6 cm³/mol. The number of rotatable bonds is 4. The summed E-state index contributed by atoms with van der Waals surface area (Å²) < 4.78 is 27.0.